The van der Waals surface area contributed by atoms with Crippen molar-refractivity contribution in [1.29, 1.82) is 0 Å². The Morgan fingerprint density at radius 1 is 1.32 bits per heavy atom. The minimum atomic E-state index is -0.00759. The molecule has 19 heavy (non-hydrogen) atoms. The average Bonchev–Trinajstić information content (AvgIpc) is 2.85. The summed E-state index contributed by atoms with van der Waals surface area (Å²) in [6.07, 6.45) is 0. The van der Waals surface area contributed by atoms with E-state index >= 15 is 0 Å². The maximum absolute atomic E-state index is 12.7. The van der Waals surface area contributed by atoms with E-state index in [1.54, 1.807) is 0 Å². The van der Waals surface area contributed by atoms with Gasteiger partial charge >= 0.3 is 0 Å². The number of likely N-dealkylation sites (N-methyl/N-ethyl adjacent to an activating group) is 1. The molecule has 0 spiro atoms. The molecule has 1 aromatic rings. The standard InChI is InChI=1S/C15H21N3O/c1-11-10-18(8-7-17(11)2)15(19)13-9-16-14-6-4-3-5-12(13)14/h3-6,11,13,16H,7-10H2,1-2H3. The smallest absolute Gasteiger partial charge is 0.232 e. The maximum Gasteiger partial charge on any atom is 0.232 e. The number of anilines is 1. The molecule has 2 atom stereocenters. The SMILES string of the molecule is CC1CN(C(=O)C2CNc3ccccc32)CCN1C. The highest BCUT2D eigenvalue weighted by Gasteiger charge is 2.33. The summed E-state index contributed by atoms with van der Waals surface area (Å²) in [5, 5.41) is 3.33. The fourth-order valence-corrected chi connectivity index (χ4v) is 2.97. The van der Waals surface area contributed by atoms with E-state index in [0.717, 1.165) is 37.4 Å². The minimum Gasteiger partial charge on any atom is -0.384 e. The minimum absolute atomic E-state index is 0.00759. The first-order valence-corrected chi connectivity index (χ1v) is 6.98. The van der Waals surface area contributed by atoms with Gasteiger partial charge in [-0.25, -0.2) is 0 Å². The normalized spacial score (nSPS) is 26.9. The van der Waals surface area contributed by atoms with Gasteiger partial charge in [-0.05, 0) is 25.6 Å². The molecule has 4 heteroatoms. The number of carbonyl (C=O) groups excluding carboxylic acids is 1. The zero-order valence-corrected chi connectivity index (χ0v) is 11.6. The molecule has 1 fully saturated rings. The van der Waals surface area contributed by atoms with Gasteiger partial charge in [-0.1, -0.05) is 18.2 Å². The molecule has 0 aliphatic carbocycles. The van der Waals surface area contributed by atoms with Crippen LogP contribution < -0.4 is 5.32 Å². The van der Waals surface area contributed by atoms with E-state index in [-0.39, 0.29) is 11.8 Å². The molecule has 1 N–H and O–H groups in total. The van der Waals surface area contributed by atoms with E-state index in [1.165, 1.54) is 0 Å². The molecule has 2 aliphatic heterocycles. The predicted molar refractivity (Wildman–Crippen MR) is 76.3 cm³/mol. The van der Waals surface area contributed by atoms with E-state index in [1.807, 2.05) is 17.0 Å². The highest BCUT2D eigenvalue weighted by atomic mass is 16.2. The third-order valence-corrected chi connectivity index (χ3v) is 4.40. The number of piperazine rings is 1. The lowest BCUT2D eigenvalue weighted by Gasteiger charge is -2.38. The van der Waals surface area contributed by atoms with Crippen LogP contribution in [-0.2, 0) is 4.79 Å². The van der Waals surface area contributed by atoms with Crippen LogP contribution in [0.3, 0.4) is 0 Å². The molecule has 1 aromatic carbocycles. The van der Waals surface area contributed by atoms with Gasteiger partial charge < -0.3 is 15.1 Å². The first kappa shape index (κ1) is 12.5. The van der Waals surface area contributed by atoms with Gasteiger partial charge in [0, 0.05) is 37.9 Å². The van der Waals surface area contributed by atoms with Crippen LogP contribution in [0, 0.1) is 0 Å². The summed E-state index contributed by atoms with van der Waals surface area (Å²) < 4.78 is 0. The number of rotatable bonds is 1. The number of nitrogens with zero attached hydrogens (tertiary/aromatic N) is 2. The van der Waals surface area contributed by atoms with Gasteiger partial charge in [-0.15, -0.1) is 0 Å². The topological polar surface area (TPSA) is 35.6 Å². The van der Waals surface area contributed by atoms with Gasteiger partial charge in [0.1, 0.15) is 0 Å². The number of nitrogens with one attached hydrogen (secondary N) is 1. The second-order valence-corrected chi connectivity index (χ2v) is 5.63. The van der Waals surface area contributed by atoms with Crippen LogP contribution in [-0.4, -0.2) is 55.0 Å². The number of carbonyl (C=O) groups is 1. The second-order valence-electron chi connectivity index (χ2n) is 5.63. The van der Waals surface area contributed by atoms with Gasteiger partial charge in [-0.2, -0.15) is 0 Å². The fraction of sp³-hybridized carbons (Fsp3) is 0.533. The Kier molecular flexibility index (Phi) is 3.19. The van der Waals surface area contributed by atoms with E-state index < -0.39 is 0 Å². The van der Waals surface area contributed by atoms with Gasteiger partial charge in [0.15, 0.2) is 0 Å². The molecule has 2 heterocycles. The van der Waals surface area contributed by atoms with Crippen molar-refractivity contribution in [2.75, 3.05) is 38.5 Å². The molecule has 1 saturated heterocycles. The highest BCUT2D eigenvalue weighted by molar-refractivity contribution is 5.88. The largest absolute Gasteiger partial charge is 0.384 e. The molecule has 0 bridgehead atoms. The predicted octanol–water partition coefficient (Wildman–Crippen LogP) is 1.36. The third-order valence-electron chi connectivity index (χ3n) is 4.40. The first-order valence-electron chi connectivity index (χ1n) is 6.98. The van der Waals surface area contributed by atoms with Crippen LogP contribution in [0.2, 0.25) is 0 Å². The first-order chi connectivity index (χ1) is 9.16. The molecule has 102 valence electrons. The molecule has 1 amide bonds. The molecule has 2 aliphatic rings. The fourth-order valence-electron chi connectivity index (χ4n) is 2.97. The molecule has 4 nitrogen and oxygen atoms in total. The summed E-state index contributed by atoms with van der Waals surface area (Å²) in [5.41, 5.74) is 2.27. The number of hydrogen-bond acceptors (Lipinski definition) is 3. The van der Waals surface area contributed by atoms with E-state index in [4.69, 9.17) is 0 Å². The van der Waals surface area contributed by atoms with Gasteiger partial charge in [0.05, 0.1) is 5.92 Å². The van der Waals surface area contributed by atoms with Crippen molar-refractivity contribution < 1.29 is 4.79 Å². The molecule has 0 saturated carbocycles. The number of amides is 1. The molecular formula is C15H21N3O. The summed E-state index contributed by atoms with van der Waals surface area (Å²) in [7, 11) is 2.12. The Labute approximate surface area is 114 Å². The molecule has 0 aromatic heterocycles. The maximum atomic E-state index is 12.7. The lowest BCUT2D eigenvalue weighted by atomic mass is 9.99. The molecule has 0 radical (unpaired) electrons. The molecule has 3 rings (SSSR count). The van der Waals surface area contributed by atoms with E-state index in [0.29, 0.717) is 6.04 Å². The van der Waals surface area contributed by atoms with Crippen molar-refractivity contribution in [2.24, 2.45) is 0 Å². The average molecular weight is 259 g/mol. The lowest BCUT2D eigenvalue weighted by molar-refractivity contribution is -0.135. The zero-order chi connectivity index (χ0) is 13.4. The second kappa shape index (κ2) is 4.85. The number of para-hydroxylation sites is 1. The summed E-state index contributed by atoms with van der Waals surface area (Å²) >= 11 is 0. The summed E-state index contributed by atoms with van der Waals surface area (Å²) in [6, 6.07) is 8.59. The Morgan fingerprint density at radius 2 is 2.11 bits per heavy atom. The quantitative estimate of drug-likeness (QED) is 0.827. The van der Waals surface area contributed by atoms with Crippen LogP contribution in [0.15, 0.2) is 24.3 Å². The van der Waals surface area contributed by atoms with Crippen molar-refractivity contribution in [1.82, 2.24) is 9.80 Å². The third kappa shape index (κ3) is 2.21. The van der Waals surface area contributed by atoms with Crippen LogP contribution in [0.5, 0.6) is 0 Å². The van der Waals surface area contributed by atoms with Crippen molar-refractivity contribution in [3.05, 3.63) is 29.8 Å². The Balaban J connectivity index is 1.75. The van der Waals surface area contributed by atoms with E-state index in [2.05, 4.69) is 36.3 Å². The van der Waals surface area contributed by atoms with Gasteiger partial charge in [0.2, 0.25) is 5.91 Å². The number of fused-ring (bicyclic) bond motifs is 1. The van der Waals surface area contributed by atoms with Crippen molar-refractivity contribution in [2.45, 2.75) is 18.9 Å². The highest BCUT2D eigenvalue weighted by Crippen LogP contribution is 2.32. The van der Waals surface area contributed by atoms with Crippen LogP contribution in [0.4, 0.5) is 5.69 Å². The Hall–Kier alpha value is -1.55. The van der Waals surface area contributed by atoms with Crippen LogP contribution in [0.1, 0.15) is 18.4 Å². The zero-order valence-electron chi connectivity index (χ0n) is 11.6. The van der Waals surface area contributed by atoms with Crippen molar-refractivity contribution in [3.63, 3.8) is 0 Å². The van der Waals surface area contributed by atoms with Gasteiger partial charge in [0.25, 0.3) is 0 Å². The van der Waals surface area contributed by atoms with Crippen LogP contribution >= 0.6 is 0 Å². The summed E-state index contributed by atoms with van der Waals surface area (Å²) in [4.78, 5) is 17.0. The monoisotopic (exact) mass is 259 g/mol. The van der Waals surface area contributed by atoms with Crippen molar-refractivity contribution in [3.8, 4) is 0 Å². The number of benzene rings is 1. The van der Waals surface area contributed by atoms with E-state index in [9.17, 15) is 4.79 Å². The molecule has 2 unspecified atom stereocenters. The summed E-state index contributed by atoms with van der Waals surface area (Å²) in [5.74, 6) is 0.268. The Bertz CT molecular complexity index is 488. The van der Waals surface area contributed by atoms with Crippen LogP contribution in [0.25, 0.3) is 0 Å². The lowest BCUT2D eigenvalue weighted by Crippen LogP contribution is -2.53. The van der Waals surface area contributed by atoms with Crippen molar-refractivity contribution >= 4 is 11.6 Å². The Morgan fingerprint density at radius 3 is 2.89 bits per heavy atom. The molecular weight excluding hydrogens is 238 g/mol. The van der Waals surface area contributed by atoms with Gasteiger partial charge in [-0.3, -0.25) is 4.79 Å². The summed E-state index contributed by atoms with van der Waals surface area (Å²) in [6.45, 7) is 5.57. The number of hydrogen-bond donors (Lipinski definition) is 1.